The summed E-state index contributed by atoms with van der Waals surface area (Å²) in [5, 5.41) is 3.18. The highest BCUT2D eigenvalue weighted by atomic mass is 127. The number of halogens is 2. The van der Waals surface area contributed by atoms with Crippen molar-refractivity contribution in [2.24, 2.45) is 4.36 Å². The molecular weight excluding hydrogens is 413 g/mol. The lowest BCUT2D eigenvalue weighted by Crippen LogP contribution is -2.00. The minimum atomic E-state index is -2.25. The van der Waals surface area contributed by atoms with E-state index in [2.05, 4.69) is 47.2 Å². The van der Waals surface area contributed by atoms with Gasteiger partial charge in [0, 0.05) is 28.4 Å². The number of hydrogen-bond acceptors (Lipinski definition) is 6. The zero-order valence-electron chi connectivity index (χ0n) is 10.7. The Morgan fingerprint density at radius 1 is 1.35 bits per heavy atom. The van der Waals surface area contributed by atoms with Crippen molar-refractivity contribution >= 4 is 61.4 Å². The number of rotatable bonds is 3. The van der Waals surface area contributed by atoms with Crippen LogP contribution in [0, 0.1) is 3.57 Å². The van der Waals surface area contributed by atoms with E-state index in [-0.39, 0.29) is 5.28 Å². The summed E-state index contributed by atoms with van der Waals surface area (Å²) in [7, 11) is -2.25. The van der Waals surface area contributed by atoms with Crippen LogP contribution in [0.4, 0.5) is 17.5 Å². The standard InChI is InChI=1S/C11H11ClIN5OS/c1-20(2,19)18-9-5-3-4-8(15-9)16-10-7(13)6-14-11(12)17-10/h3-6H,1-2H3,(H,14,15,16,17). The van der Waals surface area contributed by atoms with Gasteiger partial charge in [0.15, 0.2) is 5.82 Å². The molecule has 0 aliphatic carbocycles. The largest absolute Gasteiger partial charge is 0.324 e. The SMILES string of the molecule is CS(C)(=O)=Nc1cccc(Nc2nc(Cl)ncc2I)n1. The molecule has 0 amide bonds. The quantitative estimate of drug-likeness (QED) is 0.605. The lowest BCUT2D eigenvalue weighted by Gasteiger charge is -2.07. The third-order valence-corrected chi connectivity index (χ3v) is 3.61. The molecule has 2 aromatic rings. The highest BCUT2D eigenvalue weighted by Gasteiger charge is 2.05. The molecule has 0 bridgehead atoms. The van der Waals surface area contributed by atoms with Crippen molar-refractivity contribution in [3.63, 3.8) is 0 Å². The number of anilines is 2. The molecule has 0 spiro atoms. The molecule has 9 heteroatoms. The molecule has 0 atom stereocenters. The summed E-state index contributed by atoms with van der Waals surface area (Å²) in [5.41, 5.74) is 0. The molecule has 0 aliphatic rings. The van der Waals surface area contributed by atoms with Crippen LogP contribution in [0.25, 0.3) is 0 Å². The second kappa shape index (κ2) is 6.19. The predicted octanol–water partition coefficient (Wildman–Crippen LogP) is 3.23. The average molecular weight is 424 g/mol. The first-order valence-electron chi connectivity index (χ1n) is 5.43. The number of aromatic nitrogens is 3. The Balaban J connectivity index is 2.33. The normalized spacial score (nSPS) is 11.2. The van der Waals surface area contributed by atoms with Gasteiger partial charge in [0.2, 0.25) is 5.28 Å². The van der Waals surface area contributed by atoms with E-state index in [0.717, 1.165) is 3.57 Å². The van der Waals surface area contributed by atoms with Gasteiger partial charge in [0.1, 0.15) is 11.6 Å². The summed E-state index contributed by atoms with van der Waals surface area (Å²) in [6, 6.07) is 5.23. The molecule has 1 N–H and O–H groups in total. The Morgan fingerprint density at radius 2 is 2.10 bits per heavy atom. The number of nitrogens with zero attached hydrogens (tertiary/aromatic N) is 4. The van der Waals surface area contributed by atoms with E-state index in [1.54, 1.807) is 36.9 Å². The van der Waals surface area contributed by atoms with Crippen LogP contribution in [-0.4, -0.2) is 31.7 Å². The first-order chi connectivity index (χ1) is 9.33. The van der Waals surface area contributed by atoms with Gasteiger partial charge in [0.25, 0.3) is 0 Å². The van der Waals surface area contributed by atoms with E-state index in [0.29, 0.717) is 17.5 Å². The maximum atomic E-state index is 11.7. The van der Waals surface area contributed by atoms with Crippen LogP contribution in [0.2, 0.25) is 5.28 Å². The van der Waals surface area contributed by atoms with Crippen LogP contribution in [-0.2, 0) is 9.73 Å². The zero-order valence-corrected chi connectivity index (χ0v) is 14.4. The molecule has 0 saturated heterocycles. The van der Waals surface area contributed by atoms with Crippen LogP contribution in [0.5, 0.6) is 0 Å². The molecule has 2 aromatic heterocycles. The third-order valence-electron chi connectivity index (χ3n) is 2.01. The maximum absolute atomic E-state index is 11.7. The Morgan fingerprint density at radius 3 is 2.80 bits per heavy atom. The summed E-state index contributed by atoms with van der Waals surface area (Å²) < 4.78 is 16.5. The van der Waals surface area contributed by atoms with Crippen molar-refractivity contribution in [3.05, 3.63) is 33.2 Å². The van der Waals surface area contributed by atoms with Crippen LogP contribution in [0.3, 0.4) is 0 Å². The zero-order chi connectivity index (χ0) is 14.8. The van der Waals surface area contributed by atoms with E-state index >= 15 is 0 Å². The van der Waals surface area contributed by atoms with Crippen LogP contribution in [0.15, 0.2) is 28.8 Å². The molecule has 6 nitrogen and oxygen atoms in total. The van der Waals surface area contributed by atoms with Gasteiger partial charge in [0.05, 0.1) is 3.57 Å². The number of nitrogens with one attached hydrogen (secondary N) is 1. The fourth-order valence-corrected chi connectivity index (χ4v) is 2.40. The van der Waals surface area contributed by atoms with Crippen molar-refractivity contribution < 1.29 is 4.21 Å². The second-order valence-electron chi connectivity index (χ2n) is 4.11. The molecule has 0 fully saturated rings. The van der Waals surface area contributed by atoms with Gasteiger partial charge in [-0.3, -0.25) is 0 Å². The van der Waals surface area contributed by atoms with Crippen molar-refractivity contribution in [1.29, 1.82) is 0 Å². The first-order valence-corrected chi connectivity index (χ1v) is 9.21. The van der Waals surface area contributed by atoms with Crippen LogP contribution < -0.4 is 5.32 Å². The third kappa shape index (κ3) is 4.53. The lowest BCUT2D eigenvalue weighted by atomic mass is 10.4. The molecule has 106 valence electrons. The highest BCUT2D eigenvalue weighted by Crippen LogP contribution is 2.21. The van der Waals surface area contributed by atoms with Crippen molar-refractivity contribution in [2.75, 3.05) is 17.8 Å². The molecule has 0 unspecified atom stereocenters. The summed E-state index contributed by atoms with van der Waals surface area (Å²) in [6.45, 7) is 0. The van der Waals surface area contributed by atoms with Crippen molar-refractivity contribution in [2.45, 2.75) is 0 Å². The molecular formula is C11H11ClIN5OS. The predicted molar refractivity (Wildman–Crippen MR) is 89.4 cm³/mol. The summed E-state index contributed by atoms with van der Waals surface area (Å²) >= 11 is 7.85. The van der Waals surface area contributed by atoms with Gasteiger partial charge in [-0.15, -0.1) is 0 Å². The summed E-state index contributed by atoms with van der Waals surface area (Å²) in [6.07, 6.45) is 4.72. The van der Waals surface area contributed by atoms with Gasteiger partial charge in [-0.25, -0.2) is 14.2 Å². The summed E-state index contributed by atoms with van der Waals surface area (Å²) in [4.78, 5) is 12.2. The van der Waals surface area contributed by atoms with E-state index in [1.165, 1.54) is 0 Å². The molecule has 2 rings (SSSR count). The van der Waals surface area contributed by atoms with E-state index in [9.17, 15) is 4.21 Å². The second-order valence-corrected chi connectivity index (χ2v) is 8.16. The minimum absolute atomic E-state index is 0.152. The molecule has 0 saturated carbocycles. The van der Waals surface area contributed by atoms with Gasteiger partial charge in [-0.05, 0) is 46.3 Å². The van der Waals surface area contributed by atoms with Crippen LogP contribution >= 0.6 is 34.2 Å². The van der Waals surface area contributed by atoms with Gasteiger partial charge < -0.3 is 5.32 Å². The fraction of sp³-hybridized carbons (Fsp3) is 0.182. The number of hydrogen-bond donors (Lipinski definition) is 1. The topological polar surface area (TPSA) is 80.1 Å². The Labute approximate surface area is 135 Å². The Kier molecular flexibility index (Phi) is 4.76. The number of pyridine rings is 1. The lowest BCUT2D eigenvalue weighted by molar-refractivity contribution is 0.684. The summed E-state index contributed by atoms with van der Waals surface area (Å²) in [5.74, 6) is 1.51. The Hall–Kier alpha value is -1.00. The molecule has 20 heavy (non-hydrogen) atoms. The van der Waals surface area contributed by atoms with E-state index < -0.39 is 9.73 Å². The van der Waals surface area contributed by atoms with Crippen molar-refractivity contribution in [1.82, 2.24) is 15.0 Å². The van der Waals surface area contributed by atoms with E-state index in [4.69, 9.17) is 11.6 Å². The highest BCUT2D eigenvalue weighted by molar-refractivity contribution is 14.1. The average Bonchev–Trinajstić information content (AvgIpc) is 2.32. The molecule has 0 radical (unpaired) electrons. The van der Waals surface area contributed by atoms with Gasteiger partial charge in [-0.2, -0.15) is 9.35 Å². The first kappa shape index (κ1) is 15.4. The van der Waals surface area contributed by atoms with Gasteiger partial charge >= 0.3 is 0 Å². The smallest absolute Gasteiger partial charge is 0.224 e. The fourth-order valence-electron chi connectivity index (χ4n) is 1.32. The van der Waals surface area contributed by atoms with Gasteiger partial charge in [-0.1, -0.05) is 6.07 Å². The Bertz CT molecular complexity index is 752. The van der Waals surface area contributed by atoms with Crippen molar-refractivity contribution in [3.8, 4) is 0 Å². The molecule has 0 aliphatic heterocycles. The molecule has 0 aromatic carbocycles. The molecule has 2 heterocycles. The minimum Gasteiger partial charge on any atom is -0.324 e. The van der Waals surface area contributed by atoms with Crippen LogP contribution in [0.1, 0.15) is 0 Å². The van der Waals surface area contributed by atoms with E-state index in [1.807, 2.05) is 0 Å². The monoisotopic (exact) mass is 423 g/mol. The maximum Gasteiger partial charge on any atom is 0.224 e.